The van der Waals surface area contributed by atoms with E-state index in [1.54, 1.807) is 12.1 Å². The number of phenols is 1. The van der Waals surface area contributed by atoms with Gasteiger partial charge in [0, 0.05) is 17.6 Å². The monoisotopic (exact) mass is 293 g/mol. The van der Waals surface area contributed by atoms with Gasteiger partial charge >= 0.3 is 0 Å². The molecule has 0 fully saturated rings. The lowest BCUT2D eigenvalue weighted by Crippen LogP contribution is -2.26. The van der Waals surface area contributed by atoms with Crippen LogP contribution in [0.1, 0.15) is 15.9 Å². The average Bonchev–Trinajstić information content (AvgIpc) is 2.41. The molecular formula is C15H13ClFNO2. The fraction of sp³-hybridized carbons (Fsp3) is 0.133. The first-order valence-corrected chi connectivity index (χ1v) is 6.45. The summed E-state index contributed by atoms with van der Waals surface area (Å²) >= 11 is 5.77. The van der Waals surface area contributed by atoms with Crippen LogP contribution in [0.5, 0.6) is 5.75 Å². The normalized spacial score (nSPS) is 10.3. The van der Waals surface area contributed by atoms with Crippen LogP contribution in [-0.2, 0) is 6.42 Å². The second-order valence-electron chi connectivity index (χ2n) is 4.30. The largest absolute Gasteiger partial charge is 0.508 e. The van der Waals surface area contributed by atoms with E-state index >= 15 is 0 Å². The molecule has 2 N–H and O–H groups in total. The Morgan fingerprint density at radius 3 is 2.55 bits per heavy atom. The van der Waals surface area contributed by atoms with Crippen LogP contribution in [-0.4, -0.2) is 17.6 Å². The summed E-state index contributed by atoms with van der Waals surface area (Å²) in [7, 11) is 0. The Balaban J connectivity index is 1.90. The molecular weight excluding hydrogens is 281 g/mol. The van der Waals surface area contributed by atoms with Crippen molar-refractivity contribution in [3.63, 3.8) is 0 Å². The summed E-state index contributed by atoms with van der Waals surface area (Å²) in [6.45, 7) is 0.390. The molecule has 0 aliphatic carbocycles. The number of benzene rings is 2. The molecule has 0 aliphatic rings. The number of carbonyl (C=O) groups excluding carboxylic acids is 1. The maximum absolute atomic E-state index is 13.5. The van der Waals surface area contributed by atoms with E-state index in [0.29, 0.717) is 18.0 Å². The van der Waals surface area contributed by atoms with E-state index in [4.69, 9.17) is 16.7 Å². The molecule has 104 valence electrons. The molecule has 0 unspecified atom stereocenters. The van der Waals surface area contributed by atoms with Gasteiger partial charge in [-0.1, -0.05) is 23.7 Å². The van der Waals surface area contributed by atoms with Gasteiger partial charge in [-0.05, 0) is 36.2 Å². The highest BCUT2D eigenvalue weighted by molar-refractivity contribution is 6.30. The molecule has 2 rings (SSSR count). The van der Waals surface area contributed by atoms with E-state index in [2.05, 4.69) is 5.32 Å². The molecule has 2 aromatic carbocycles. The highest BCUT2D eigenvalue weighted by Gasteiger charge is 2.11. The summed E-state index contributed by atoms with van der Waals surface area (Å²) in [5, 5.41) is 12.4. The third-order valence-corrected chi connectivity index (χ3v) is 3.06. The number of rotatable bonds is 4. The molecule has 0 radical (unpaired) electrons. The van der Waals surface area contributed by atoms with Crippen LogP contribution in [0.15, 0.2) is 42.5 Å². The summed E-state index contributed by atoms with van der Waals surface area (Å²) in [6.07, 6.45) is 0.628. The van der Waals surface area contributed by atoms with Crippen LogP contribution in [0, 0.1) is 5.82 Å². The lowest BCUT2D eigenvalue weighted by atomic mass is 10.1. The Morgan fingerprint density at radius 1 is 1.20 bits per heavy atom. The minimum Gasteiger partial charge on any atom is -0.508 e. The number of amides is 1. The van der Waals surface area contributed by atoms with E-state index < -0.39 is 11.7 Å². The number of halogens is 2. The van der Waals surface area contributed by atoms with Crippen molar-refractivity contribution in [2.45, 2.75) is 6.42 Å². The summed E-state index contributed by atoms with van der Waals surface area (Å²) in [5.74, 6) is -1.45. The second kappa shape index (κ2) is 6.39. The highest BCUT2D eigenvalue weighted by Crippen LogP contribution is 2.15. The molecule has 2 aromatic rings. The van der Waals surface area contributed by atoms with Gasteiger partial charge in [-0.25, -0.2) is 4.39 Å². The molecule has 0 bridgehead atoms. The van der Waals surface area contributed by atoms with E-state index in [1.165, 1.54) is 12.1 Å². The van der Waals surface area contributed by atoms with Gasteiger partial charge in [-0.15, -0.1) is 0 Å². The molecule has 0 saturated carbocycles. The standard InChI is InChI=1S/C15H13ClFNO2/c16-11-3-1-10(2-4-11)7-8-18-15(20)13-6-5-12(19)9-14(13)17/h1-6,9,19H,7-8H2,(H,18,20). The number of hydrogen-bond acceptors (Lipinski definition) is 2. The molecule has 0 aliphatic heterocycles. The van der Waals surface area contributed by atoms with Crippen LogP contribution in [0.25, 0.3) is 0 Å². The van der Waals surface area contributed by atoms with Gasteiger partial charge in [0.1, 0.15) is 11.6 Å². The van der Waals surface area contributed by atoms with Gasteiger partial charge in [-0.3, -0.25) is 4.79 Å². The molecule has 0 atom stereocenters. The first-order valence-electron chi connectivity index (χ1n) is 6.07. The van der Waals surface area contributed by atoms with Gasteiger partial charge in [0.15, 0.2) is 0 Å². The molecule has 3 nitrogen and oxygen atoms in total. The van der Waals surface area contributed by atoms with Crippen molar-refractivity contribution in [3.05, 3.63) is 64.4 Å². The first kappa shape index (κ1) is 14.3. The first-order chi connectivity index (χ1) is 9.56. The molecule has 0 spiro atoms. The number of carbonyl (C=O) groups is 1. The summed E-state index contributed by atoms with van der Waals surface area (Å²) in [6, 6.07) is 10.7. The van der Waals surface area contributed by atoms with Crippen LogP contribution in [0.4, 0.5) is 4.39 Å². The van der Waals surface area contributed by atoms with Crippen LogP contribution in [0.3, 0.4) is 0 Å². The molecule has 20 heavy (non-hydrogen) atoms. The topological polar surface area (TPSA) is 49.3 Å². The average molecular weight is 294 g/mol. The van der Waals surface area contributed by atoms with Gasteiger partial charge in [0.05, 0.1) is 5.56 Å². The zero-order chi connectivity index (χ0) is 14.5. The maximum Gasteiger partial charge on any atom is 0.254 e. The third kappa shape index (κ3) is 3.71. The zero-order valence-electron chi connectivity index (χ0n) is 10.6. The van der Waals surface area contributed by atoms with Crippen molar-refractivity contribution in [2.24, 2.45) is 0 Å². The quantitative estimate of drug-likeness (QED) is 0.910. The van der Waals surface area contributed by atoms with Crippen molar-refractivity contribution >= 4 is 17.5 Å². The number of hydrogen-bond donors (Lipinski definition) is 2. The third-order valence-electron chi connectivity index (χ3n) is 2.81. The Bertz CT molecular complexity index is 614. The Kier molecular flexibility index (Phi) is 4.58. The lowest BCUT2D eigenvalue weighted by molar-refractivity contribution is 0.0950. The smallest absolute Gasteiger partial charge is 0.254 e. The highest BCUT2D eigenvalue weighted by atomic mass is 35.5. The van der Waals surface area contributed by atoms with Crippen molar-refractivity contribution in [1.29, 1.82) is 0 Å². The summed E-state index contributed by atoms with van der Waals surface area (Å²) in [5.41, 5.74) is 0.944. The number of aromatic hydroxyl groups is 1. The molecule has 0 heterocycles. The van der Waals surface area contributed by atoms with Crippen molar-refractivity contribution in [2.75, 3.05) is 6.54 Å². The predicted molar refractivity (Wildman–Crippen MR) is 75.6 cm³/mol. The van der Waals surface area contributed by atoms with E-state index in [0.717, 1.165) is 11.6 Å². The fourth-order valence-corrected chi connectivity index (χ4v) is 1.88. The van der Waals surface area contributed by atoms with E-state index in [1.807, 2.05) is 12.1 Å². The van der Waals surface area contributed by atoms with Crippen molar-refractivity contribution < 1.29 is 14.3 Å². The molecule has 0 saturated heterocycles. The van der Waals surface area contributed by atoms with E-state index in [-0.39, 0.29) is 11.3 Å². The predicted octanol–water partition coefficient (Wildman–Crippen LogP) is 3.16. The number of phenolic OH excluding ortho intramolecular Hbond substituents is 1. The van der Waals surface area contributed by atoms with E-state index in [9.17, 15) is 9.18 Å². The summed E-state index contributed by atoms with van der Waals surface area (Å²) in [4.78, 5) is 11.8. The molecule has 5 heteroatoms. The lowest BCUT2D eigenvalue weighted by Gasteiger charge is -2.06. The molecule has 1 amide bonds. The van der Waals surface area contributed by atoms with Crippen LogP contribution in [0.2, 0.25) is 5.02 Å². The van der Waals surface area contributed by atoms with Gasteiger partial charge in [0.2, 0.25) is 0 Å². The fourth-order valence-electron chi connectivity index (χ4n) is 1.75. The summed E-state index contributed by atoms with van der Waals surface area (Å²) < 4.78 is 13.5. The molecule has 0 aromatic heterocycles. The van der Waals surface area contributed by atoms with Crippen molar-refractivity contribution in [3.8, 4) is 5.75 Å². The van der Waals surface area contributed by atoms with Gasteiger partial charge in [-0.2, -0.15) is 0 Å². The van der Waals surface area contributed by atoms with Crippen molar-refractivity contribution in [1.82, 2.24) is 5.32 Å². The van der Waals surface area contributed by atoms with Crippen LogP contribution < -0.4 is 5.32 Å². The van der Waals surface area contributed by atoms with Crippen LogP contribution >= 0.6 is 11.6 Å². The second-order valence-corrected chi connectivity index (χ2v) is 4.73. The zero-order valence-corrected chi connectivity index (χ0v) is 11.3. The Labute approximate surface area is 121 Å². The minimum absolute atomic E-state index is 0.0843. The Morgan fingerprint density at radius 2 is 1.90 bits per heavy atom. The van der Waals surface area contributed by atoms with Gasteiger partial charge in [0.25, 0.3) is 5.91 Å². The number of nitrogens with one attached hydrogen (secondary N) is 1. The maximum atomic E-state index is 13.5. The minimum atomic E-state index is -0.742. The Hall–Kier alpha value is -2.07. The SMILES string of the molecule is O=C(NCCc1ccc(Cl)cc1)c1ccc(O)cc1F. The van der Waals surface area contributed by atoms with Gasteiger partial charge < -0.3 is 10.4 Å².